The summed E-state index contributed by atoms with van der Waals surface area (Å²) >= 11 is 0. The Bertz CT molecular complexity index is 1510. The first kappa shape index (κ1) is 24.3. The van der Waals surface area contributed by atoms with Crippen molar-refractivity contribution in [3.05, 3.63) is 77.6 Å². The number of benzene rings is 1. The average Bonchev–Trinajstić information content (AvgIpc) is 3.30. The molecule has 10 heteroatoms. The van der Waals surface area contributed by atoms with E-state index in [9.17, 15) is 14.3 Å². The lowest BCUT2D eigenvalue weighted by atomic mass is 10.0. The van der Waals surface area contributed by atoms with Gasteiger partial charge in [-0.25, -0.2) is 8.91 Å². The van der Waals surface area contributed by atoms with Crippen LogP contribution in [0.15, 0.2) is 60.9 Å². The second-order valence-corrected chi connectivity index (χ2v) is 8.67. The molecule has 9 nitrogen and oxygen atoms in total. The highest BCUT2D eigenvalue weighted by atomic mass is 19.1. The number of pyridine rings is 1. The Morgan fingerprint density at radius 2 is 1.83 bits per heavy atom. The predicted molar refractivity (Wildman–Crippen MR) is 131 cm³/mol. The second-order valence-electron chi connectivity index (χ2n) is 8.67. The summed E-state index contributed by atoms with van der Waals surface area (Å²) in [6.07, 6.45) is 1.15. The van der Waals surface area contributed by atoms with Crippen LogP contribution in [0, 0.1) is 22.7 Å². The third kappa shape index (κ3) is 5.14. The van der Waals surface area contributed by atoms with E-state index in [-0.39, 0.29) is 12.1 Å². The molecule has 0 fully saturated rings. The molecule has 0 radical (unpaired) electrons. The molecular weight excluding hydrogens is 461 g/mol. The lowest BCUT2D eigenvalue weighted by Gasteiger charge is -2.22. The fraction of sp³-hybridized carbons (Fsp3) is 0.192. The van der Waals surface area contributed by atoms with E-state index in [1.165, 1.54) is 26.2 Å². The fourth-order valence-corrected chi connectivity index (χ4v) is 3.44. The van der Waals surface area contributed by atoms with Gasteiger partial charge in [0, 0.05) is 11.9 Å². The van der Waals surface area contributed by atoms with Crippen molar-refractivity contribution in [3.63, 3.8) is 0 Å². The summed E-state index contributed by atoms with van der Waals surface area (Å²) in [4.78, 5) is 17.4. The Hall–Kier alpha value is -4.80. The standard InChI is InChI=1S/C26H22FN7O2/c1-26(2,36)24(27)15-31-25(35)20-14-30-22(10-21(20)33-18-5-3-16(11-28)4-6-18)23-8-7-19-9-17(12-29)13-32-34(19)23/h3-10,13-14,24,36H,15H2,1-2H3,(H,30,33)(H,31,35)/t24-/m1/s1. The summed E-state index contributed by atoms with van der Waals surface area (Å²) in [7, 11) is 0. The molecule has 3 aromatic heterocycles. The van der Waals surface area contributed by atoms with Gasteiger partial charge in [0.25, 0.3) is 5.91 Å². The van der Waals surface area contributed by atoms with Crippen LogP contribution in [0.25, 0.3) is 16.9 Å². The lowest BCUT2D eigenvalue weighted by Crippen LogP contribution is -2.42. The molecule has 4 rings (SSSR count). The highest BCUT2D eigenvalue weighted by molar-refractivity contribution is 6.00. The molecule has 3 heterocycles. The monoisotopic (exact) mass is 483 g/mol. The topological polar surface area (TPSA) is 139 Å². The number of hydrogen-bond acceptors (Lipinski definition) is 7. The van der Waals surface area contributed by atoms with Crippen molar-refractivity contribution in [2.45, 2.75) is 25.6 Å². The molecule has 180 valence electrons. The molecule has 0 aliphatic carbocycles. The Labute approximate surface area is 206 Å². The number of amides is 1. The van der Waals surface area contributed by atoms with Gasteiger partial charge < -0.3 is 15.7 Å². The van der Waals surface area contributed by atoms with Crippen molar-refractivity contribution in [1.29, 1.82) is 10.5 Å². The quantitative estimate of drug-likeness (QED) is 0.364. The summed E-state index contributed by atoms with van der Waals surface area (Å²) in [6.45, 7) is 2.27. The van der Waals surface area contributed by atoms with Crippen molar-refractivity contribution < 1.29 is 14.3 Å². The first-order valence-electron chi connectivity index (χ1n) is 11.0. The number of nitrogens with one attached hydrogen (secondary N) is 2. The van der Waals surface area contributed by atoms with Crippen LogP contribution in [0.5, 0.6) is 0 Å². The van der Waals surface area contributed by atoms with Crippen LogP contribution in [0.3, 0.4) is 0 Å². The number of carbonyl (C=O) groups excluding carboxylic acids is 1. The minimum atomic E-state index is -1.67. The molecule has 1 amide bonds. The van der Waals surface area contributed by atoms with E-state index in [0.29, 0.717) is 39.4 Å². The molecule has 0 spiro atoms. The van der Waals surface area contributed by atoms with Gasteiger partial charge in [-0.2, -0.15) is 15.6 Å². The first-order valence-corrected chi connectivity index (χ1v) is 11.0. The van der Waals surface area contributed by atoms with Crippen molar-refractivity contribution in [1.82, 2.24) is 19.9 Å². The molecule has 4 aromatic rings. The third-order valence-corrected chi connectivity index (χ3v) is 5.54. The number of halogens is 1. The fourth-order valence-electron chi connectivity index (χ4n) is 3.44. The zero-order chi connectivity index (χ0) is 25.9. The Balaban J connectivity index is 1.71. The van der Waals surface area contributed by atoms with Gasteiger partial charge in [0.1, 0.15) is 12.2 Å². The van der Waals surface area contributed by atoms with E-state index in [0.717, 1.165) is 0 Å². The van der Waals surface area contributed by atoms with Crippen LogP contribution in [-0.4, -0.2) is 43.9 Å². The van der Waals surface area contributed by atoms with E-state index in [4.69, 9.17) is 10.5 Å². The number of anilines is 2. The summed E-state index contributed by atoms with van der Waals surface area (Å²) in [5, 5.41) is 38.0. The van der Waals surface area contributed by atoms with Crippen molar-refractivity contribution >= 4 is 22.8 Å². The van der Waals surface area contributed by atoms with Crippen molar-refractivity contribution in [3.8, 4) is 23.5 Å². The molecule has 1 aromatic carbocycles. The maximum Gasteiger partial charge on any atom is 0.255 e. The smallest absolute Gasteiger partial charge is 0.255 e. The Morgan fingerprint density at radius 3 is 2.50 bits per heavy atom. The Kier molecular flexibility index (Phi) is 6.64. The maximum absolute atomic E-state index is 14.2. The zero-order valence-electron chi connectivity index (χ0n) is 19.5. The molecule has 0 saturated heterocycles. The number of nitriles is 2. The van der Waals surface area contributed by atoms with E-state index in [1.807, 2.05) is 0 Å². The largest absolute Gasteiger partial charge is 0.387 e. The summed E-state index contributed by atoms with van der Waals surface area (Å²) in [5.74, 6) is -0.575. The van der Waals surface area contributed by atoms with Gasteiger partial charge in [0.15, 0.2) is 0 Å². The number of aliphatic hydroxyl groups is 1. The number of fused-ring (bicyclic) bond motifs is 1. The zero-order valence-corrected chi connectivity index (χ0v) is 19.5. The van der Waals surface area contributed by atoms with Crippen LogP contribution < -0.4 is 10.6 Å². The molecule has 0 aliphatic heterocycles. The normalized spacial score (nSPS) is 11.9. The highest BCUT2D eigenvalue weighted by Gasteiger charge is 2.27. The molecular formula is C26H22FN7O2. The van der Waals surface area contributed by atoms with Gasteiger partial charge in [-0.1, -0.05) is 0 Å². The van der Waals surface area contributed by atoms with Crippen LogP contribution in [0.1, 0.15) is 35.3 Å². The highest BCUT2D eigenvalue weighted by Crippen LogP contribution is 2.28. The van der Waals surface area contributed by atoms with Crippen LogP contribution in [0.2, 0.25) is 0 Å². The van der Waals surface area contributed by atoms with Gasteiger partial charge in [0.05, 0.1) is 63.7 Å². The maximum atomic E-state index is 14.2. The number of carbonyl (C=O) groups is 1. The first-order chi connectivity index (χ1) is 17.2. The number of nitrogens with zero attached hydrogens (tertiary/aromatic N) is 5. The predicted octanol–water partition coefficient (Wildman–Crippen LogP) is 3.72. The van der Waals surface area contributed by atoms with Gasteiger partial charge in [-0.05, 0) is 62.4 Å². The van der Waals surface area contributed by atoms with Gasteiger partial charge in [-0.15, -0.1) is 0 Å². The van der Waals surface area contributed by atoms with E-state index in [1.54, 1.807) is 53.0 Å². The number of rotatable bonds is 7. The molecule has 1 atom stereocenters. The molecule has 0 saturated carbocycles. The van der Waals surface area contributed by atoms with Gasteiger partial charge in [0.2, 0.25) is 0 Å². The number of alkyl halides is 1. The van der Waals surface area contributed by atoms with E-state index >= 15 is 0 Å². The summed E-state index contributed by atoms with van der Waals surface area (Å²) < 4.78 is 15.8. The minimum absolute atomic E-state index is 0.159. The molecule has 0 bridgehead atoms. The van der Waals surface area contributed by atoms with E-state index in [2.05, 4.69) is 32.9 Å². The van der Waals surface area contributed by atoms with Crippen LogP contribution in [0.4, 0.5) is 15.8 Å². The van der Waals surface area contributed by atoms with Crippen molar-refractivity contribution in [2.24, 2.45) is 0 Å². The summed E-state index contributed by atoms with van der Waals surface area (Å²) in [5.41, 5.74) is 2.32. The van der Waals surface area contributed by atoms with Crippen molar-refractivity contribution in [2.75, 3.05) is 11.9 Å². The minimum Gasteiger partial charge on any atom is -0.387 e. The van der Waals surface area contributed by atoms with E-state index < -0.39 is 17.7 Å². The molecule has 3 N–H and O–H groups in total. The van der Waals surface area contributed by atoms with Crippen LogP contribution in [-0.2, 0) is 0 Å². The SMILES string of the molecule is CC(C)(O)[C@H](F)CNC(=O)c1cnc(-c2ccc3cc(C#N)cnn23)cc1Nc1ccc(C#N)cc1. The van der Waals surface area contributed by atoms with Gasteiger partial charge >= 0.3 is 0 Å². The Morgan fingerprint density at radius 1 is 1.11 bits per heavy atom. The molecule has 0 unspecified atom stereocenters. The number of hydrogen-bond donors (Lipinski definition) is 3. The second kappa shape index (κ2) is 9.82. The van der Waals surface area contributed by atoms with Crippen LogP contribution >= 0.6 is 0 Å². The third-order valence-electron chi connectivity index (χ3n) is 5.54. The van der Waals surface area contributed by atoms with Gasteiger partial charge in [-0.3, -0.25) is 9.78 Å². The lowest BCUT2D eigenvalue weighted by molar-refractivity contribution is -0.00177. The molecule has 36 heavy (non-hydrogen) atoms. The number of aromatic nitrogens is 3. The average molecular weight is 484 g/mol. The molecule has 0 aliphatic rings. The summed E-state index contributed by atoms with van der Waals surface area (Å²) in [6, 6.07) is 17.7.